The molecule has 0 saturated carbocycles. The van der Waals surface area contributed by atoms with Crippen molar-refractivity contribution >= 4 is 21.5 Å². The Labute approximate surface area is 172 Å². The molecule has 1 N–H and O–H groups in total. The second-order valence-electron chi connectivity index (χ2n) is 6.68. The summed E-state index contributed by atoms with van der Waals surface area (Å²) < 4.78 is 62.3. The summed E-state index contributed by atoms with van der Waals surface area (Å²) in [6.45, 7) is 2.51. The lowest BCUT2D eigenvalue weighted by atomic mass is 10.0. The number of benzene rings is 2. The number of sulfone groups is 1. The summed E-state index contributed by atoms with van der Waals surface area (Å²) in [7, 11) is -2.02. The summed E-state index contributed by atoms with van der Waals surface area (Å²) in [4.78, 5) is 12.3. The molecule has 0 fully saturated rings. The van der Waals surface area contributed by atoms with E-state index in [-0.39, 0.29) is 10.6 Å². The van der Waals surface area contributed by atoms with Crippen LogP contribution in [0.5, 0.6) is 0 Å². The Morgan fingerprint density at radius 2 is 1.73 bits per heavy atom. The third kappa shape index (κ3) is 5.96. The van der Waals surface area contributed by atoms with E-state index in [1.165, 1.54) is 36.2 Å². The summed E-state index contributed by atoms with van der Waals surface area (Å²) in [5.41, 5.74) is 0.552. The van der Waals surface area contributed by atoms with E-state index in [4.69, 9.17) is 5.11 Å². The zero-order valence-corrected chi connectivity index (χ0v) is 17.1. The Balaban J connectivity index is 2.46. The van der Waals surface area contributed by atoms with Gasteiger partial charge in [0.15, 0.2) is 9.84 Å². The van der Waals surface area contributed by atoms with Gasteiger partial charge in [-0.15, -0.1) is 0 Å². The number of allylic oxidation sites excluding steroid dienone is 2. The van der Waals surface area contributed by atoms with Crippen LogP contribution in [0.15, 0.2) is 71.7 Å². The Kier molecular flexibility index (Phi) is 6.77. The molecule has 0 saturated heterocycles. The predicted octanol–water partition coefficient (Wildman–Crippen LogP) is 4.23. The molecular formula is C21H20F3NO4S. The highest BCUT2D eigenvalue weighted by molar-refractivity contribution is 7.90. The lowest BCUT2D eigenvalue weighted by Gasteiger charge is -2.22. The predicted molar refractivity (Wildman–Crippen MR) is 108 cm³/mol. The van der Waals surface area contributed by atoms with Crippen LogP contribution in [-0.2, 0) is 14.6 Å². The summed E-state index contributed by atoms with van der Waals surface area (Å²) in [5, 5.41) is 9.00. The van der Waals surface area contributed by atoms with Crippen LogP contribution >= 0.6 is 0 Å². The summed E-state index contributed by atoms with van der Waals surface area (Å²) in [6, 6.07) is 12.6. The second kappa shape index (κ2) is 8.74. The third-order valence-corrected chi connectivity index (χ3v) is 5.35. The van der Waals surface area contributed by atoms with Gasteiger partial charge in [0.05, 0.1) is 10.5 Å². The number of carbonyl (C=O) groups is 1. The van der Waals surface area contributed by atoms with Gasteiger partial charge in [-0.25, -0.2) is 8.42 Å². The molecule has 9 heteroatoms. The summed E-state index contributed by atoms with van der Waals surface area (Å²) >= 11 is 0. The fourth-order valence-electron chi connectivity index (χ4n) is 2.69. The summed E-state index contributed by atoms with van der Waals surface area (Å²) in [6.07, 6.45) is -2.76. The van der Waals surface area contributed by atoms with E-state index in [0.29, 0.717) is 16.7 Å². The topological polar surface area (TPSA) is 74.7 Å². The minimum Gasteiger partial charge on any atom is -0.480 e. The van der Waals surface area contributed by atoms with Crippen molar-refractivity contribution in [2.45, 2.75) is 11.1 Å². The van der Waals surface area contributed by atoms with Gasteiger partial charge in [-0.05, 0) is 34.9 Å². The van der Waals surface area contributed by atoms with Crippen molar-refractivity contribution in [2.24, 2.45) is 0 Å². The number of likely N-dealkylation sites (N-methyl/N-ethyl adjacent to an activating group) is 1. The maximum absolute atomic E-state index is 12.9. The van der Waals surface area contributed by atoms with Crippen LogP contribution in [0.1, 0.15) is 5.56 Å². The number of alkyl halides is 3. The molecule has 0 aliphatic rings. The van der Waals surface area contributed by atoms with E-state index in [1.54, 1.807) is 24.3 Å². The minimum atomic E-state index is -4.65. The van der Waals surface area contributed by atoms with Crippen LogP contribution in [-0.4, -0.2) is 50.4 Å². The van der Waals surface area contributed by atoms with Crippen molar-refractivity contribution < 1.29 is 31.5 Å². The second-order valence-corrected chi connectivity index (χ2v) is 8.70. The number of nitrogens with zero attached hydrogens (tertiary/aromatic N) is 1. The molecule has 0 atom stereocenters. The maximum atomic E-state index is 12.9. The molecule has 0 aliphatic carbocycles. The molecule has 0 amide bonds. The molecule has 0 aliphatic heterocycles. The molecule has 0 unspecified atom stereocenters. The molecule has 0 bridgehead atoms. The first-order valence-electron chi connectivity index (χ1n) is 8.60. The average Bonchev–Trinajstić information content (AvgIpc) is 2.64. The van der Waals surface area contributed by atoms with Crippen molar-refractivity contribution in [1.82, 2.24) is 4.90 Å². The van der Waals surface area contributed by atoms with Crippen LogP contribution in [0.2, 0.25) is 0 Å². The van der Waals surface area contributed by atoms with Crippen molar-refractivity contribution in [3.63, 3.8) is 0 Å². The number of rotatable bonds is 7. The Morgan fingerprint density at radius 1 is 1.13 bits per heavy atom. The van der Waals surface area contributed by atoms with Crippen molar-refractivity contribution in [3.05, 3.63) is 72.3 Å². The highest BCUT2D eigenvalue weighted by atomic mass is 32.2. The molecular weight excluding hydrogens is 419 g/mol. The molecule has 5 nitrogen and oxygen atoms in total. The number of hydrogen-bond acceptors (Lipinski definition) is 4. The SMILES string of the molecule is C=C(C=C(c1ccc(-c2cccc(S(C)(=O)=O)c2)cc1)N(C)CC(=O)O)C(F)(F)F. The molecule has 0 aromatic heterocycles. The monoisotopic (exact) mass is 439 g/mol. The van der Waals surface area contributed by atoms with Gasteiger partial charge in [0.2, 0.25) is 0 Å². The summed E-state index contributed by atoms with van der Waals surface area (Å²) in [5.74, 6) is -1.20. The molecule has 30 heavy (non-hydrogen) atoms. The zero-order valence-electron chi connectivity index (χ0n) is 16.3. The van der Waals surface area contributed by atoms with E-state index in [0.717, 1.165) is 12.3 Å². The van der Waals surface area contributed by atoms with Gasteiger partial charge < -0.3 is 10.0 Å². The molecule has 160 valence electrons. The standard InChI is InChI=1S/C21H20F3NO4S/c1-14(21(22,23)24)11-19(25(2)13-20(26)27)16-9-7-15(8-10-16)17-5-4-6-18(12-17)30(3,28)29/h4-12H,1,13H2,2-3H3,(H,26,27). The van der Waals surface area contributed by atoms with Gasteiger partial charge in [0, 0.05) is 19.0 Å². The van der Waals surface area contributed by atoms with Gasteiger partial charge in [-0.1, -0.05) is 43.0 Å². The van der Waals surface area contributed by atoms with Gasteiger partial charge in [-0.2, -0.15) is 13.2 Å². The van der Waals surface area contributed by atoms with Gasteiger partial charge in [-0.3, -0.25) is 4.79 Å². The van der Waals surface area contributed by atoms with E-state index in [1.807, 2.05) is 0 Å². The van der Waals surface area contributed by atoms with E-state index in [9.17, 15) is 26.4 Å². The fourth-order valence-corrected chi connectivity index (χ4v) is 3.36. The van der Waals surface area contributed by atoms with Gasteiger partial charge in [0.25, 0.3) is 0 Å². The average molecular weight is 439 g/mol. The fraction of sp³-hybridized carbons (Fsp3) is 0.190. The molecule has 2 rings (SSSR count). The highest BCUT2D eigenvalue weighted by Gasteiger charge is 2.31. The molecule has 2 aromatic carbocycles. The lowest BCUT2D eigenvalue weighted by molar-refractivity contribution is -0.137. The Morgan fingerprint density at radius 3 is 2.23 bits per heavy atom. The first kappa shape index (κ1) is 23.2. The van der Waals surface area contributed by atoms with E-state index < -0.39 is 34.1 Å². The van der Waals surface area contributed by atoms with Gasteiger partial charge in [0.1, 0.15) is 6.54 Å². The van der Waals surface area contributed by atoms with Crippen LogP contribution in [0, 0.1) is 0 Å². The van der Waals surface area contributed by atoms with Crippen LogP contribution in [0.25, 0.3) is 16.8 Å². The quantitative estimate of drug-likeness (QED) is 0.654. The van der Waals surface area contributed by atoms with E-state index >= 15 is 0 Å². The number of hydrogen-bond donors (Lipinski definition) is 1. The Hall–Kier alpha value is -3.07. The van der Waals surface area contributed by atoms with Crippen molar-refractivity contribution in [3.8, 4) is 11.1 Å². The number of carboxylic acid groups (broad SMARTS) is 1. The van der Waals surface area contributed by atoms with Crippen molar-refractivity contribution in [2.75, 3.05) is 19.8 Å². The molecule has 0 spiro atoms. The zero-order chi connectivity index (χ0) is 22.7. The number of aliphatic carboxylic acids is 1. The maximum Gasteiger partial charge on any atom is 0.415 e. The molecule has 2 aromatic rings. The van der Waals surface area contributed by atoms with Crippen LogP contribution in [0.3, 0.4) is 0 Å². The largest absolute Gasteiger partial charge is 0.480 e. The smallest absolute Gasteiger partial charge is 0.415 e. The normalized spacial score (nSPS) is 12.5. The van der Waals surface area contributed by atoms with Crippen molar-refractivity contribution in [1.29, 1.82) is 0 Å². The number of carboxylic acids is 1. The lowest BCUT2D eigenvalue weighted by Crippen LogP contribution is -2.25. The van der Waals surface area contributed by atoms with Gasteiger partial charge >= 0.3 is 12.1 Å². The third-order valence-electron chi connectivity index (χ3n) is 4.23. The number of halogens is 3. The van der Waals surface area contributed by atoms with E-state index in [2.05, 4.69) is 6.58 Å². The Bertz CT molecular complexity index is 1090. The minimum absolute atomic E-state index is 0.0381. The highest BCUT2D eigenvalue weighted by Crippen LogP contribution is 2.30. The first-order valence-corrected chi connectivity index (χ1v) is 10.5. The molecule has 0 radical (unpaired) electrons. The molecule has 0 heterocycles. The first-order chi connectivity index (χ1) is 13.8. The van der Waals surface area contributed by atoms with Crippen LogP contribution in [0.4, 0.5) is 13.2 Å². The van der Waals surface area contributed by atoms with Crippen LogP contribution < -0.4 is 0 Å².